The van der Waals surface area contributed by atoms with Crippen molar-refractivity contribution in [2.24, 2.45) is 11.3 Å². The highest BCUT2D eigenvalue weighted by molar-refractivity contribution is 5.70. The van der Waals surface area contributed by atoms with E-state index in [-0.39, 0.29) is 23.3 Å². The van der Waals surface area contributed by atoms with Crippen molar-refractivity contribution >= 4 is 0 Å². The Bertz CT molecular complexity index is 1340. The Hall–Kier alpha value is -2.65. The SMILES string of the molecule is Cc1ccc(F)c(-c2ccc(COc3ccc4c(c3)[C@@]3(CCC4)CC[C@@H]3CO)cc2[C@@H]2CCCC2(C)C)c1. The van der Waals surface area contributed by atoms with Crippen molar-refractivity contribution in [1.29, 1.82) is 0 Å². The Kier molecular flexibility index (Phi) is 6.63. The molecule has 0 heterocycles. The molecule has 0 saturated heterocycles. The molecule has 2 nitrogen and oxygen atoms in total. The van der Waals surface area contributed by atoms with E-state index in [2.05, 4.69) is 50.2 Å². The van der Waals surface area contributed by atoms with Crippen LogP contribution >= 0.6 is 0 Å². The van der Waals surface area contributed by atoms with Crippen LogP contribution in [0.1, 0.15) is 92.5 Å². The van der Waals surface area contributed by atoms with Gasteiger partial charge >= 0.3 is 0 Å². The number of ether oxygens (including phenoxy) is 1. The van der Waals surface area contributed by atoms with E-state index in [0.29, 0.717) is 24.0 Å². The highest BCUT2D eigenvalue weighted by atomic mass is 19.1. The van der Waals surface area contributed by atoms with Gasteiger partial charge in [-0.1, -0.05) is 56.2 Å². The number of rotatable bonds is 6. The van der Waals surface area contributed by atoms with Crippen LogP contribution in [0, 0.1) is 24.1 Å². The van der Waals surface area contributed by atoms with E-state index in [1.165, 1.54) is 48.8 Å². The van der Waals surface area contributed by atoms with Crippen LogP contribution in [0.15, 0.2) is 54.6 Å². The first-order chi connectivity index (χ1) is 18.3. The summed E-state index contributed by atoms with van der Waals surface area (Å²) in [7, 11) is 0. The summed E-state index contributed by atoms with van der Waals surface area (Å²) in [5.41, 5.74) is 8.34. The van der Waals surface area contributed by atoms with Crippen molar-refractivity contribution < 1.29 is 14.2 Å². The summed E-state index contributed by atoms with van der Waals surface area (Å²) in [6, 6.07) is 18.5. The average Bonchev–Trinajstić information content (AvgIpc) is 3.26. The van der Waals surface area contributed by atoms with Crippen LogP contribution in [0.5, 0.6) is 5.75 Å². The quantitative estimate of drug-likeness (QED) is 0.358. The van der Waals surface area contributed by atoms with Gasteiger partial charge in [-0.2, -0.15) is 0 Å². The van der Waals surface area contributed by atoms with Crippen molar-refractivity contribution in [3.05, 3.63) is 88.2 Å². The third-order valence-corrected chi connectivity index (χ3v) is 10.2. The second-order valence-corrected chi connectivity index (χ2v) is 12.9. The van der Waals surface area contributed by atoms with Crippen LogP contribution < -0.4 is 4.74 Å². The molecule has 2 fully saturated rings. The number of benzene rings is 3. The summed E-state index contributed by atoms with van der Waals surface area (Å²) in [5, 5.41) is 9.99. The molecule has 0 aliphatic heterocycles. The van der Waals surface area contributed by atoms with Crippen LogP contribution in [-0.4, -0.2) is 11.7 Å². The third kappa shape index (κ3) is 4.37. The first-order valence-electron chi connectivity index (χ1n) is 14.6. The second kappa shape index (κ2) is 9.83. The van der Waals surface area contributed by atoms with Crippen molar-refractivity contribution in [1.82, 2.24) is 0 Å². The Labute approximate surface area is 227 Å². The summed E-state index contributed by atoms with van der Waals surface area (Å²) < 4.78 is 21.4. The topological polar surface area (TPSA) is 29.5 Å². The monoisotopic (exact) mass is 512 g/mol. The van der Waals surface area contributed by atoms with E-state index in [9.17, 15) is 5.11 Å². The Morgan fingerprint density at radius 2 is 1.79 bits per heavy atom. The standard InChI is InChI=1S/C35H41FO2/c1-23-8-13-33(36)30(18-23)28-12-9-24(19-29(28)31-7-5-15-34(31,2)3)22-38-27-11-10-25-6-4-16-35(32(25)20-27)17-14-26(35)21-37/h8-13,18-20,26,31,37H,4-7,14-17,21-22H2,1-3H3/t26-,31+,35+/m1/s1. The summed E-state index contributed by atoms with van der Waals surface area (Å²) in [4.78, 5) is 0. The van der Waals surface area contributed by atoms with Gasteiger partial charge in [0.15, 0.2) is 0 Å². The summed E-state index contributed by atoms with van der Waals surface area (Å²) in [5.74, 6) is 1.53. The van der Waals surface area contributed by atoms with E-state index in [4.69, 9.17) is 4.74 Å². The van der Waals surface area contributed by atoms with Crippen LogP contribution in [0.25, 0.3) is 11.1 Å². The first-order valence-corrected chi connectivity index (χ1v) is 14.6. The normalized spacial score (nSPS) is 25.7. The minimum Gasteiger partial charge on any atom is -0.489 e. The molecule has 3 aromatic rings. The zero-order chi connectivity index (χ0) is 26.5. The maximum Gasteiger partial charge on any atom is 0.131 e. The number of aryl methyl sites for hydroxylation is 2. The minimum absolute atomic E-state index is 0.141. The first kappa shape index (κ1) is 25.6. The highest BCUT2D eigenvalue weighted by Gasteiger charge is 2.49. The molecule has 3 aliphatic rings. The van der Waals surface area contributed by atoms with Crippen LogP contribution in [0.3, 0.4) is 0 Å². The van der Waals surface area contributed by atoms with Crippen LogP contribution in [0.2, 0.25) is 0 Å². The molecule has 3 aliphatic carbocycles. The van der Waals surface area contributed by atoms with Gasteiger partial charge in [0, 0.05) is 17.6 Å². The average molecular weight is 513 g/mol. The lowest BCUT2D eigenvalue weighted by molar-refractivity contribution is 0.0419. The molecule has 38 heavy (non-hydrogen) atoms. The molecule has 200 valence electrons. The highest BCUT2D eigenvalue weighted by Crippen LogP contribution is 2.55. The number of fused-ring (bicyclic) bond motifs is 2. The maximum absolute atomic E-state index is 15.0. The van der Waals surface area contributed by atoms with E-state index >= 15 is 4.39 Å². The third-order valence-electron chi connectivity index (χ3n) is 10.2. The molecule has 0 aromatic heterocycles. The zero-order valence-electron chi connectivity index (χ0n) is 23.2. The fraction of sp³-hybridized carbons (Fsp3) is 0.486. The molecule has 3 heteroatoms. The minimum atomic E-state index is -0.156. The van der Waals surface area contributed by atoms with Gasteiger partial charge in [0.2, 0.25) is 0 Å². The van der Waals surface area contributed by atoms with Gasteiger partial charge in [0.1, 0.15) is 18.2 Å². The van der Waals surface area contributed by atoms with Gasteiger partial charge in [-0.3, -0.25) is 0 Å². The largest absolute Gasteiger partial charge is 0.489 e. The molecule has 3 aromatic carbocycles. The van der Waals surface area contributed by atoms with E-state index in [1.807, 2.05) is 19.1 Å². The molecular formula is C35H41FO2. The van der Waals surface area contributed by atoms with Crippen LogP contribution in [0.4, 0.5) is 4.39 Å². The molecule has 0 radical (unpaired) electrons. The molecule has 6 rings (SSSR count). The summed E-state index contributed by atoms with van der Waals surface area (Å²) in [6.07, 6.45) is 9.33. The van der Waals surface area contributed by atoms with Crippen molar-refractivity contribution in [2.75, 3.05) is 6.61 Å². The fourth-order valence-corrected chi connectivity index (χ4v) is 7.85. The summed E-state index contributed by atoms with van der Waals surface area (Å²) >= 11 is 0. The molecule has 0 bridgehead atoms. The van der Waals surface area contributed by atoms with E-state index in [0.717, 1.165) is 41.7 Å². The molecule has 0 unspecified atom stereocenters. The Morgan fingerprint density at radius 3 is 2.53 bits per heavy atom. The molecular weight excluding hydrogens is 471 g/mol. The smallest absolute Gasteiger partial charge is 0.131 e. The Morgan fingerprint density at radius 1 is 0.921 bits per heavy atom. The molecule has 1 N–H and O–H groups in total. The Balaban J connectivity index is 1.31. The van der Waals surface area contributed by atoms with Gasteiger partial charge in [-0.25, -0.2) is 4.39 Å². The van der Waals surface area contributed by atoms with Crippen molar-refractivity contribution in [2.45, 2.75) is 90.1 Å². The lowest BCUT2D eigenvalue weighted by Gasteiger charge is -2.52. The number of hydrogen-bond donors (Lipinski definition) is 1. The number of aliphatic hydroxyl groups excluding tert-OH is 1. The van der Waals surface area contributed by atoms with Crippen LogP contribution in [-0.2, 0) is 18.4 Å². The van der Waals surface area contributed by atoms with E-state index in [1.54, 1.807) is 6.07 Å². The molecule has 1 spiro atoms. The number of aliphatic hydroxyl groups is 1. The van der Waals surface area contributed by atoms with Crippen molar-refractivity contribution in [3.8, 4) is 16.9 Å². The van der Waals surface area contributed by atoms with Gasteiger partial charge in [0.05, 0.1) is 0 Å². The molecule has 2 saturated carbocycles. The van der Waals surface area contributed by atoms with Gasteiger partial charge in [0.25, 0.3) is 0 Å². The molecule has 3 atom stereocenters. The molecule has 0 amide bonds. The number of hydrogen-bond acceptors (Lipinski definition) is 2. The fourth-order valence-electron chi connectivity index (χ4n) is 7.85. The second-order valence-electron chi connectivity index (χ2n) is 12.9. The van der Waals surface area contributed by atoms with Crippen molar-refractivity contribution in [3.63, 3.8) is 0 Å². The zero-order valence-corrected chi connectivity index (χ0v) is 23.2. The van der Waals surface area contributed by atoms with Gasteiger partial charge < -0.3 is 9.84 Å². The van der Waals surface area contributed by atoms with Gasteiger partial charge in [-0.15, -0.1) is 0 Å². The summed E-state index contributed by atoms with van der Waals surface area (Å²) in [6.45, 7) is 7.50. The predicted molar refractivity (Wildman–Crippen MR) is 152 cm³/mol. The predicted octanol–water partition coefficient (Wildman–Crippen LogP) is 8.65. The maximum atomic E-state index is 15.0. The lowest BCUT2D eigenvalue weighted by atomic mass is 9.52. The lowest BCUT2D eigenvalue weighted by Crippen LogP contribution is -2.48. The number of halogens is 1. The van der Waals surface area contributed by atoms with Gasteiger partial charge in [-0.05, 0) is 121 Å². The van der Waals surface area contributed by atoms with E-state index < -0.39 is 0 Å².